The highest BCUT2D eigenvalue weighted by molar-refractivity contribution is 5.90. The molecule has 2 N–H and O–H groups in total. The van der Waals surface area contributed by atoms with Crippen LogP contribution in [0.1, 0.15) is 35.3 Å². The van der Waals surface area contributed by atoms with Crippen LogP contribution in [0.3, 0.4) is 0 Å². The Labute approximate surface area is 203 Å². The van der Waals surface area contributed by atoms with E-state index >= 15 is 0 Å². The van der Waals surface area contributed by atoms with Crippen molar-refractivity contribution in [3.63, 3.8) is 0 Å². The first-order chi connectivity index (χ1) is 17.0. The van der Waals surface area contributed by atoms with Crippen LogP contribution in [0, 0.1) is 5.82 Å². The van der Waals surface area contributed by atoms with Gasteiger partial charge in [-0.25, -0.2) is 9.18 Å². The summed E-state index contributed by atoms with van der Waals surface area (Å²) in [5.74, 6) is -1.30. The Morgan fingerprint density at radius 3 is 2.71 bits per heavy atom. The maximum absolute atomic E-state index is 14.0. The second-order valence-corrected chi connectivity index (χ2v) is 8.82. The zero-order valence-corrected chi connectivity index (χ0v) is 19.4. The molecule has 6 heteroatoms. The molecule has 0 amide bonds. The van der Waals surface area contributed by atoms with Crippen molar-refractivity contribution in [3.8, 4) is 5.75 Å². The summed E-state index contributed by atoms with van der Waals surface area (Å²) in [6.45, 7) is 3.44. The number of anilines is 2. The van der Waals surface area contributed by atoms with E-state index in [9.17, 15) is 14.3 Å². The minimum atomic E-state index is -1.28. The Balaban J connectivity index is 1.31. The highest BCUT2D eigenvalue weighted by atomic mass is 19.1. The van der Waals surface area contributed by atoms with Crippen LogP contribution in [0.25, 0.3) is 10.8 Å². The number of fused-ring (bicyclic) bond motifs is 2. The topological polar surface area (TPSA) is 61.8 Å². The van der Waals surface area contributed by atoms with Crippen LogP contribution in [0.5, 0.6) is 5.75 Å². The Morgan fingerprint density at radius 1 is 1.09 bits per heavy atom. The van der Waals surface area contributed by atoms with Gasteiger partial charge in [-0.3, -0.25) is 0 Å². The maximum atomic E-state index is 14.0. The van der Waals surface area contributed by atoms with E-state index in [2.05, 4.69) is 54.7 Å². The molecular weight excluding hydrogens is 443 g/mol. The third kappa shape index (κ3) is 4.70. The maximum Gasteiger partial charge on any atom is 0.338 e. The predicted octanol–water partition coefficient (Wildman–Crippen LogP) is 6.32. The Morgan fingerprint density at radius 2 is 1.86 bits per heavy atom. The normalized spacial score (nSPS) is 15.9. The first-order valence-electron chi connectivity index (χ1n) is 11.8. The molecule has 0 radical (unpaired) electrons. The Kier molecular flexibility index (Phi) is 6.38. The van der Waals surface area contributed by atoms with E-state index in [-0.39, 0.29) is 17.7 Å². The number of ether oxygens (including phenoxy) is 1. The minimum Gasteiger partial charge on any atom is -0.486 e. The van der Waals surface area contributed by atoms with Crippen molar-refractivity contribution in [1.29, 1.82) is 0 Å². The first kappa shape index (κ1) is 22.9. The number of aromatic carboxylic acids is 1. The van der Waals surface area contributed by atoms with Gasteiger partial charge in [-0.05, 0) is 66.6 Å². The molecule has 178 valence electrons. The SMILES string of the molecule is CC(NCCC1CN(c2ccc(F)c(C(=O)O)c2)c2ccccc2O1)c1cccc2ccccc12. The van der Waals surface area contributed by atoms with Crippen LogP contribution < -0.4 is 15.0 Å². The van der Waals surface area contributed by atoms with Crippen LogP contribution in [-0.4, -0.2) is 30.3 Å². The van der Waals surface area contributed by atoms with Gasteiger partial charge in [-0.15, -0.1) is 0 Å². The van der Waals surface area contributed by atoms with Gasteiger partial charge in [0.2, 0.25) is 0 Å². The summed E-state index contributed by atoms with van der Waals surface area (Å²) in [4.78, 5) is 13.5. The van der Waals surface area contributed by atoms with Crippen LogP contribution in [0.2, 0.25) is 0 Å². The quantitative estimate of drug-likeness (QED) is 0.331. The molecular formula is C29H27FN2O3. The van der Waals surface area contributed by atoms with E-state index in [1.54, 1.807) is 6.07 Å². The molecule has 5 rings (SSSR count). The fraction of sp³-hybridized carbons (Fsp3) is 0.207. The van der Waals surface area contributed by atoms with Gasteiger partial charge in [0, 0.05) is 11.7 Å². The molecule has 0 fully saturated rings. The molecule has 0 saturated carbocycles. The summed E-state index contributed by atoms with van der Waals surface area (Å²) in [6.07, 6.45) is 0.642. The largest absolute Gasteiger partial charge is 0.486 e. The molecule has 0 aliphatic carbocycles. The number of benzene rings is 4. The lowest BCUT2D eigenvalue weighted by atomic mass is 9.99. The minimum absolute atomic E-state index is 0.115. The molecule has 0 spiro atoms. The summed E-state index contributed by atoms with van der Waals surface area (Å²) in [6, 6.07) is 26.8. The lowest BCUT2D eigenvalue weighted by Gasteiger charge is -2.36. The number of carbonyl (C=O) groups is 1. The lowest BCUT2D eigenvalue weighted by Crippen LogP contribution is -2.39. The van der Waals surface area contributed by atoms with Crippen LogP contribution in [0.4, 0.5) is 15.8 Å². The van der Waals surface area contributed by atoms with Crippen molar-refractivity contribution < 1.29 is 19.0 Å². The molecule has 0 saturated heterocycles. The Hall–Kier alpha value is -3.90. The fourth-order valence-corrected chi connectivity index (χ4v) is 4.74. The average molecular weight is 471 g/mol. The zero-order valence-electron chi connectivity index (χ0n) is 19.4. The molecule has 4 aromatic carbocycles. The summed E-state index contributed by atoms with van der Waals surface area (Å²) in [7, 11) is 0. The number of halogens is 1. The number of hydrogen-bond donors (Lipinski definition) is 2. The van der Waals surface area contributed by atoms with Crippen molar-refractivity contribution in [2.75, 3.05) is 18.0 Å². The predicted molar refractivity (Wildman–Crippen MR) is 136 cm³/mol. The van der Waals surface area contributed by atoms with Crippen molar-refractivity contribution in [1.82, 2.24) is 5.32 Å². The smallest absolute Gasteiger partial charge is 0.338 e. The highest BCUT2D eigenvalue weighted by Gasteiger charge is 2.27. The lowest BCUT2D eigenvalue weighted by molar-refractivity contribution is 0.0692. The third-order valence-electron chi connectivity index (χ3n) is 6.53. The number of hydrogen-bond acceptors (Lipinski definition) is 4. The van der Waals surface area contributed by atoms with Gasteiger partial charge >= 0.3 is 5.97 Å². The zero-order chi connectivity index (χ0) is 24.4. The van der Waals surface area contributed by atoms with Crippen LogP contribution in [0.15, 0.2) is 84.9 Å². The molecule has 4 aromatic rings. The molecule has 0 bridgehead atoms. The number of nitrogens with one attached hydrogen (secondary N) is 1. The number of rotatable bonds is 7. The van der Waals surface area contributed by atoms with E-state index in [0.717, 1.165) is 24.4 Å². The fourth-order valence-electron chi connectivity index (χ4n) is 4.74. The summed E-state index contributed by atoms with van der Waals surface area (Å²) < 4.78 is 20.3. The molecule has 2 atom stereocenters. The van der Waals surface area contributed by atoms with Crippen molar-refractivity contribution in [3.05, 3.63) is 102 Å². The van der Waals surface area contributed by atoms with Crippen molar-refractivity contribution >= 4 is 28.1 Å². The van der Waals surface area contributed by atoms with Gasteiger partial charge in [0.1, 0.15) is 17.7 Å². The van der Waals surface area contributed by atoms with Crippen LogP contribution in [-0.2, 0) is 0 Å². The summed E-state index contributed by atoms with van der Waals surface area (Å²) >= 11 is 0. The first-order valence-corrected chi connectivity index (χ1v) is 11.8. The van der Waals surface area contributed by atoms with E-state index in [4.69, 9.17) is 4.74 Å². The molecule has 1 aliphatic rings. The molecule has 1 aliphatic heterocycles. The van der Waals surface area contributed by atoms with Gasteiger partial charge in [-0.1, -0.05) is 54.6 Å². The number of carboxylic acids is 1. The summed E-state index contributed by atoms with van der Waals surface area (Å²) in [5.41, 5.74) is 2.38. The van der Waals surface area contributed by atoms with Gasteiger partial charge in [0.25, 0.3) is 0 Å². The monoisotopic (exact) mass is 470 g/mol. The van der Waals surface area contributed by atoms with Gasteiger partial charge < -0.3 is 20.1 Å². The molecule has 5 nitrogen and oxygen atoms in total. The molecule has 0 aromatic heterocycles. The second kappa shape index (κ2) is 9.76. The molecule has 2 unspecified atom stereocenters. The van der Waals surface area contributed by atoms with Gasteiger partial charge in [0.15, 0.2) is 0 Å². The van der Waals surface area contributed by atoms with Crippen molar-refractivity contribution in [2.45, 2.75) is 25.5 Å². The van der Waals surface area contributed by atoms with E-state index < -0.39 is 11.8 Å². The highest BCUT2D eigenvalue weighted by Crippen LogP contribution is 2.39. The molecule has 35 heavy (non-hydrogen) atoms. The number of nitrogens with zero attached hydrogens (tertiary/aromatic N) is 1. The third-order valence-corrected chi connectivity index (χ3v) is 6.53. The number of carboxylic acid groups (broad SMARTS) is 1. The average Bonchev–Trinajstić information content (AvgIpc) is 2.88. The Bertz CT molecular complexity index is 1370. The van der Waals surface area contributed by atoms with E-state index in [0.29, 0.717) is 12.2 Å². The second-order valence-electron chi connectivity index (χ2n) is 8.82. The van der Waals surface area contributed by atoms with E-state index in [1.807, 2.05) is 29.2 Å². The van der Waals surface area contributed by atoms with E-state index in [1.165, 1.54) is 28.5 Å². The van der Waals surface area contributed by atoms with Crippen molar-refractivity contribution in [2.24, 2.45) is 0 Å². The van der Waals surface area contributed by atoms with Crippen LogP contribution >= 0.6 is 0 Å². The summed E-state index contributed by atoms with van der Waals surface area (Å²) in [5, 5.41) is 15.5. The standard InChI is InChI=1S/C29H27FN2O3/c1-19(23-10-6-8-20-7-2-3-9-24(20)23)31-16-15-22-18-32(27-11-4-5-12-28(27)35-22)21-13-14-26(30)25(17-21)29(33)34/h2-14,17,19,22,31H,15-16,18H2,1H3,(H,33,34). The number of para-hydroxylation sites is 2. The van der Waals surface area contributed by atoms with Gasteiger partial charge in [-0.2, -0.15) is 0 Å². The molecule has 1 heterocycles. The van der Waals surface area contributed by atoms with Gasteiger partial charge in [0.05, 0.1) is 17.8 Å².